The van der Waals surface area contributed by atoms with Gasteiger partial charge in [-0.05, 0) is 29.8 Å². The number of methoxy groups -OCH3 is 2. The molecule has 33 heavy (non-hydrogen) atoms. The minimum Gasteiger partial charge on any atom is -0.493 e. The molecule has 0 bridgehead atoms. The predicted octanol–water partition coefficient (Wildman–Crippen LogP) is 2.74. The Morgan fingerprint density at radius 1 is 1.12 bits per heavy atom. The monoisotopic (exact) mass is 467 g/mol. The number of halogens is 1. The van der Waals surface area contributed by atoms with E-state index < -0.39 is 0 Å². The van der Waals surface area contributed by atoms with E-state index in [9.17, 15) is 9.59 Å². The molecular weight excluding hydrogens is 446 g/mol. The minimum absolute atomic E-state index is 0.189. The van der Waals surface area contributed by atoms with E-state index >= 15 is 0 Å². The molecule has 1 N–H and O–H groups in total. The zero-order valence-electron chi connectivity index (χ0n) is 18.1. The van der Waals surface area contributed by atoms with Crippen molar-refractivity contribution in [3.8, 4) is 11.5 Å². The summed E-state index contributed by atoms with van der Waals surface area (Å²) in [5, 5.41) is 8.15. The van der Waals surface area contributed by atoms with Crippen LogP contribution < -0.4 is 20.3 Å². The van der Waals surface area contributed by atoms with E-state index in [1.165, 1.54) is 31.3 Å². The van der Waals surface area contributed by atoms with Gasteiger partial charge in [0.05, 0.1) is 39.1 Å². The summed E-state index contributed by atoms with van der Waals surface area (Å²) in [6.07, 6.45) is 2.99. The summed E-state index contributed by atoms with van der Waals surface area (Å²) in [5.74, 6) is 0.535. The third-order valence-corrected chi connectivity index (χ3v) is 5.40. The summed E-state index contributed by atoms with van der Waals surface area (Å²) >= 11 is 5.92. The molecule has 0 unspecified atom stereocenters. The number of nitrogens with zero attached hydrogens (tertiary/aromatic N) is 4. The Hall–Kier alpha value is -3.85. The highest BCUT2D eigenvalue weighted by molar-refractivity contribution is 6.30. The average molecular weight is 468 g/mol. The molecular formula is C23H22ClN5O4. The predicted molar refractivity (Wildman–Crippen MR) is 124 cm³/mol. The number of aromatic nitrogens is 4. The largest absolute Gasteiger partial charge is 0.493 e. The van der Waals surface area contributed by atoms with Crippen LogP contribution in [0, 0.1) is 0 Å². The van der Waals surface area contributed by atoms with Crippen molar-refractivity contribution in [1.29, 1.82) is 0 Å². The Morgan fingerprint density at radius 2 is 1.91 bits per heavy atom. The van der Waals surface area contributed by atoms with E-state index in [2.05, 4.69) is 15.4 Å². The van der Waals surface area contributed by atoms with Gasteiger partial charge in [0, 0.05) is 11.6 Å². The molecule has 1 amide bonds. The van der Waals surface area contributed by atoms with Gasteiger partial charge < -0.3 is 14.8 Å². The van der Waals surface area contributed by atoms with Gasteiger partial charge in [-0.1, -0.05) is 29.8 Å². The highest BCUT2D eigenvalue weighted by Crippen LogP contribution is 2.30. The smallest absolute Gasteiger partial charge is 0.264 e. The highest BCUT2D eigenvalue weighted by Gasteiger charge is 2.16. The number of hydrogen-bond acceptors (Lipinski definition) is 6. The van der Waals surface area contributed by atoms with Crippen LogP contribution in [0.15, 0.2) is 59.8 Å². The number of nitrogens with one attached hydrogen (secondary N) is 1. The SMILES string of the molecule is COc1cccc(C(=O)NCCn2ncc3c(=O)n(Cc4ccc(Cl)cc4)cnc32)c1OC. The average Bonchev–Trinajstić information content (AvgIpc) is 3.25. The van der Waals surface area contributed by atoms with Crippen LogP contribution in [0.2, 0.25) is 5.02 Å². The van der Waals surface area contributed by atoms with Crippen LogP contribution in [-0.2, 0) is 13.1 Å². The van der Waals surface area contributed by atoms with E-state index in [0.717, 1.165) is 5.56 Å². The summed E-state index contributed by atoms with van der Waals surface area (Å²) in [7, 11) is 2.99. The highest BCUT2D eigenvalue weighted by atomic mass is 35.5. The van der Waals surface area contributed by atoms with Crippen LogP contribution in [0.4, 0.5) is 0 Å². The van der Waals surface area contributed by atoms with Crippen LogP contribution in [-0.4, -0.2) is 46.0 Å². The molecule has 0 fully saturated rings. The van der Waals surface area contributed by atoms with Crippen LogP contribution in [0.1, 0.15) is 15.9 Å². The first-order chi connectivity index (χ1) is 16.0. The molecule has 0 spiro atoms. The lowest BCUT2D eigenvalue weighted by molar-refractivity contribution is 0.0948. The number of benzene rings is 2. The zero-order chi connectivity index (χ0) is 23.4. The number of fused-ring (bicyclic) bond motifs is 1. The number of carbonyl (C=O) groups excluding carboxylic acids is 1. The lowest BCUT2D eigenvalue weighted by Crippen LogP contribution is -2.28. The van der Waals surface area contributed by atoms with Gasteiger partial charge in [0.1, 0.15) is 11.7 Å². The standard InChI is InChI=1S/C23H22ClN5O4/c1-32-19-5-3-4-17(20(19)33-2)22(30)25-10-11-29-21-18(12-27-29)23(31)28(14-26-21)13-15-6-8-16(24)9-7-15/h3-9,12,14H,10-11,13H2,1-2H3,(H,25,30). The van der Waals surface area contributed by atoms with Crippen molar-refractivity contribution in [2.45, 2.75) is 13.1 Å². The van der Waals surface area contributed by atoms with Crippen molar-refractivity contribution >= 4 is 28.5 Å². The molecule has 0 aliphatic carbocycles. The second-order valence-corrected chi connectivity index (χ2v) is 7.64. The first-order valence-electron chi connectivity index (χ1n) is 10.2. The first-order valence-corrected chi connectivity index (χ1v) is 10.5. The van der Waals surface area contributed by atoms with Crippen molar-refractivity contribution in [3.63, 3.8) is 0 Å². The van der Waals surface area contributed by atoms with E-state index in [4.69, 9.17) is 21.1 Å². The molecule has 4 aromatic rings. The molecule has 170 valence electrons. The Bertz CT molecular complexity index is 1350. The summed E-state index contributed by atoms with van der Waals surface area (Å²) in [6, 6.07) is 12.4. The van der Waals surface area contributed by atoms with Crippen LogP contribution >= 0.6 is 11.6 Å². The molecule has 0 saturated heterocycles. The fourth-order valence-electron chi connectivity index (χ4n) is 3.50. The van der Waals surface area contributed by atoms with Gasteiger partial charge in [-0.15, -0.1) is 0 Å². The van der Waals surface area contributed by atoms with E-state index in [1.807, 2.05) is 12.1 Å². The van der Waals surface area contributed by atoms with Gasteiger partial charge >= 0.3 is 0 Å². The Balaban J connectivity index is 1.46. The number of para-hydroxylation sites is 1. The number of ether oxygens (including phenoxy) is 2. The number of carbonyl (C=O) groups is 1. The number of amides is 1. The molecule has 0 atom stereocenters. The summed E-state index contributed by atoms with van der Waals surface area (Å²) in [6.45, 7) is 1.00. The quantitative estimate of drug-likeness (QED) is 0.427. The molecule has 10 heteroatoms. The fraction of sp³-hybridized carbons (Fsp3) is 0.217. The number of rotatable bonds is 8. The zero-order valence-corrected chi connectivity index (χ0v) is 18.9. The molecule has 0 aliphatic heterocycles. The number of hydrogen-bond donors (Lipinski definition) is 1. The van der Waals surface area contributed by atoms with Crippen molar-refractivity contribution < 1.29 is 14.3 Å². The van der Waals surface area contributed by atoms with E-state index in [0.29, 0.717) is 46.2 Å². The third-order valence-electron chi connectivity index (χ3n) is 5.15. The van der Waals surface area contributed by atoms with Crippen LogP contribution in [0.3, 0.4) is 0 Å². The lowest BCUT2D eigenvalue weighted by atomic mass is 10.1. The molecule has 9 nitrogen and oxygen atoms in total. The van der Waals surface area contributed by atoms with Crippen molar-refractivity contribution in [2.75, 3.05) is 20.8 Å². The minimum atomic E-state index is -0.305. The van der Waals surface area contributed by atoms with E-state index in [-0.39, 0.29) is 18.0 Å². The second-order valence-electron chi connectivity index (χ2n) is 7.21. The summed E-state index contributed by atoms with van der Waals surface area (Å²) in [5.41, 5.74) is 1.57. The summed E-state index contributed by atoms with van der Waals surface area (Å²) in [4.78, 5) is 29.9. The third kappa shape index (κ3) is 4.68. The maximum Gasteiger partial charge on any atom is 0.264 e. The fourth-order valence-corrected chi connectivity index (χ4v) is 3.62. The molecule has 0 radical (unpaired) electrons. The maximum atomic E-state index is 12.9. The van der Waals surface area contributed by atoms with Crippen molar-refractivity contribution in [1.82, 2.24) is 24.6 Å². The second kappa shape index (κ2) is 9.74. The maximum absolute atomic E-state index is 12.9. The normalized spacial score (nSPS) is 10.9. The molecule has 0 saturated carbocycles. The Morgan fingerprint density at radius 3 is 2.64 bits per heavy atom. The molecule has 2 heterocycles. The summed E-state index contributed by atoms with van der Waals surface area (Å²) < 4.78 is 13.7. The lowest BCUT2D eigenvalue weighted by Gasteiger charge is -2.12. The van der Waals surface area contributed by atoms with Crippen molar-refractivity contribution in [3.05, 3.63) is 81.5 Å². The molecule has 2 aromatic carbocycles. The Kier molecular flexibility index (Phi) is 6.60. The Labute approximate surface area is 194 Å². The molecule has 4 rings (SSSR count). The molecule has 0 aliphatic rings. The van der Waals surface area contributed by atoms with Gasteiger partial charge in [0.15, 0.2) is 17.1 Å². The first kappa shape index (κ1) is 22.3. The van der Waals surface area contributed by atoms with Crippen LogP contribution in [0.5, 0.6) is 11.5 Å². The van der Waals surface area contributed by atoms with Gasteiger partial charge in [-0.25, -0.2) is 9.67 Å². The van der Waals surface area contributed by atoms with Gasteiger partial charge in [0.2, 0.25) is 0 Å². The topological polar surface area (TPSA) is 100 Å². The van der Waals surface area contributed by atoms with Gasteiger partial charge in [-0.3, -0.25) is 14.2 Å². The van der Waals surface area contributed by atoms with Crippen molar-refractivity contribution in [2.24, 2.45) is 0 Å². The van der Waals surface area contributed by atoms with Gasteiger partial charge in [-0.2, -0.15) is 5.10 Å². The van der Waals surface area contributed by atoms with Crippen LogP contribution in [0.25, 0.3) is 11.0 Å². The molecule has 2 aromatic heterocycles. The van der Waals surface area contributed by atoms with Gasteiger partial charge in [0.25, 0.3) is 11.5 Å². The van der Waals surface area contributed by atoms with E-state index in [1.54, 1.807) is 35.0 Å².